The number of guanidine groups is 1. The summed E-state index contributed by atoms with van der Waals surface area (Å²) in [5.74, 6) is 1.40. The fraction of sp³-hybridized carbons (Fsp3) is 0.429. The van der Waals surface area contributed by atoms with Gasteiger partial charge in [-0.1, -0.05) is 6.08 Å². The molecule has 1 saturated heterocycles. The molecular formula is C14H22IN5O. The molecule has 3 N–H and O–H groups in total. The number of nitrogens with zero attached hydrogens (tertiary/aromatic N) is 3. The van der Waals surface area contributed by atoms with Crippen molar-refractivity contribution in [3.63, 3.8) is 0 Å². The second kappa shape index (κ2) is 9.56. The highest BCUT2D eigenvalue weighted by Gasteiger charge is 2.12. The SMILES string of the molecule is C=CCNC(N)=NCc1ccnc(N2CCOCC2)c1.I. The summed E-state index contributed by atoms with van der Waals surface area (Å²) in [6.07, 6.45) is 3.55. The minimum absolute atomic E-state index is 0. The lowest BCUT2D eigenvalue weighted by Crippen LogP contribution is -2.36. The third kappa shape index (κ3) is 5.88. The molecule has 0 aromatic carbocycles. The summed E-state index contributed by atoms with van der Waals surface area (Å²) in [6.45, 7) is 8.03. The zero-order valence-electron chi connectivity index (χ0n) is 12.0. The van der Waals surface area contributed by atoms with Gasteiger partial charge in [0.15, 0.2) is 5.96 Å². The number of aliphatic imine (C=N–C) groups is 1. The Morgan fingerprint density at radius 1 is 1.52 bits per heavy atom. The summed E-state index contributed by atoms with van der Waals surface area (Å²) in [7, 11) is 0. The van der Waals surface area contributed by atoms with E-state index in [4.69, 9.17) is 10.5 Å². The van der Waals surface area contributed by atoms with Gasteiger partial charge in [-0.05, 0) is 17.7 Å². The monoisotopic (exact) mass is 403 g/mol. The Hall–Kier alpha value is -1.35. The van der Waals surface area contributed by atoms with E-state index in [9.17, 15) is 0 Å². The lowest BCUT2D eigenvalue weighted by molar-refractivity contribution is 0.122. The van der Waals surface area contributed by atoms with Crippen molar-refractivity contribution >= 4 is 35.8 Å². The van der Waals surface area contributed by atoms with Gasteiger partial charge >= 0.3 is 0 Å². The van der Waals surface area contributed by atoms with Crippen molar-refractivity contribution in [2.45, 2.75) is 6.54 Å². The summed E-state index contributed by atoms with van der Waals surface area (Å²) < 4.78 is 5.34. The molecule has 0 saturated carbocycles. The van der Waals surface area contributed by atoms with E-state index >= 15 is 0 Å². The molecule has 7 heteroatoms. The number of hydrogen-bond donors (Lipinski definition) is 2. The van der Waals surface area contributed by atoms with Crippen molar-refractivity contribution in [1.29, 1.82) is 0 Å². The summed E-state index contributed by atoms with van der Waals surface area (Å²) in [6, 6.07) is 4.00. The van der Waals surface area contributed by atoms with Gasteiger partial charge in [-0.15, -0.1) is 30.6 Å². The van der Waals surface area contributed by atoms with Crippen LogP contribution in [0.25, 0.3) is 0 Å². The number of ether oxygens (including phenoxy) is 1. The highest BCUT2D eigenvalue weighted by molar-refractivity contribution is 14.0. The first-order valence-electron chi connectivity index (χ1n) is 6.72. The van der Waals surface area contributed by atoms with Gasteiger partial charge in [-0.25, -0.2) is 9.98 Å². The van der Waals surface area contributed by atoms with E-state index in [-0.39, 0.29) is 24.0 Å². The predicted octanol–water partition coefficient (Wildman–Crippen LogP) is 1.13. The highest BCUT2D eigenvalue weighted by Crippen LogP contribution is 2.14. The molecule has 0 aliphatic carbocycles. The fourth-order valence-electron chi connectivity index (χ4n) is 1.93. The predicted molar refractivity (Wildman–Crippen MR) is 96.2 cm³/mol. The maximum absolute atomic E-state index is 5.74. The lowest BCUT2D eigenvalue weighted by Gasteiger charge is -2.27. The quantitative estimate of drug-likeness (QED) is 0.334. The average Bonchev–Trinajstić information content (AvgIpc) is 2.52. The van der Waals surface area contributed by atoms with Crippen LogP contribution >= 0.6 is 24.0 Å². The Labute approximate surface area is 142 Å². The van der Waals surface area contributed by atoms with Crippen molar-refractivity contribution in [1.82, 2.24) is 10.3 Å². The maximum atomic E-state index is 5.74. The molecule has 0 radical (unpaired) electrons. The number of nitrogens with two attached hydrogens (primary N) is 1. The van der Waals surface area contributed by atoms with E-state index in [0.29, 0.717) is 19.0 Å². The Kier molecular flexibility index (Phi) is 8.06. The number of aromatic nitrogens is 1. The topological polar surface area (TPSA) is 75.8 Å². The van der Waals surface area contributed by atoms with Crippen LogP contribution in [-0.2, 0) is 11.3 Å². The summed E-state index contributed by atoms with van der Waals surface area (Å²) in [5.41, 5.74) is 6.82. The number of halogens is 1. The molecule has 0 atom stereocenters. The zero-order valence-corrected chi connectivity index (χ0v) is 14.3. The van der Waals surface area contributed by atoms with Crippen molar-refractivity contribution in [2.24, 2.45) is 10.7 Å². The molecule has 0 bridgehead atoms. The molecule has 6 nitrogen and oxygen atoms in total. The zero-order chi connectivity index (χ0) is 14.2. The van der Waals surface area contributed by atoms with E-state index in [1.165, 1.54) is 0 Å². The second-order valence-electron chi connectivity index (χ2n) is 4.49. The van der Waals surface area contributed by atoms with Crippen LogP contribution in [0.2, 0.25) is 0 Å². The van der Waals surface area contributed by atoms with Crippen LogP contribution < -0.4 is 16.0 Å². The molecule has 21 heavy (non-hydrogen) atoms. The number of nitrogens with one attached hydrogen (secondary N) is 1. The molecule has 0 unspecified atom stereocenters. The summed E-state index contributed by atoms with van der Waals surface area (Å²) in [5, 5.41) is 2.95. The Bertz CT molecular complexity index is 474. The molecule has 2 heterocycles. The first kappa shape index (κ1) is 17.7. The van der Waals surface area contributed by atoms with Crippen LogP contribution in [0.5, 0.6) is 0 Å². The number of anilines is 1. The molecular weight excluding hydrogens is 381 g/mol. The molecule has 1 fully saturated rings. The third-order valence-corrected chi connectivity index (χ3v) is 3.00. The summed E-state index contributed by atoms with van der Waals surface area (Å²) >= 11 is 0. The van der Waals surface area contributed by atoms with Gasteiger partial charge in [0.25, 0.3) is 0 Å². The summed E-state index contributed by atoms with van der Waals surface area (Å²) in [4.78, 5) is 10.9. The molecule has 116 valence electrons. The first-order valence-corrected chi connectivity index (χ1v) is 6.72. The molecule has 1 aliphatic heterocycles. The van der Waals surface area contributed by atoms with Crippen LogP contribution in [0.15, 0.2) is 36.0 Å². The molecule has 1 aromatic heterocycles. The van der Waals surface area contributed by atoms with Gasteiger partial charge in [0, 0.05) is 25.8 Å². The molecule has 2 rings (SSSR count). The van der Waals surface area contributed by atoms with Crippen molar-refractivity contribution in [3.8, 4) is 0 Å². The molecule has 0 amide bonds. The van der Waals surface area contributed by atoms with Crippen LogP contribution in [0.3, 0.4) is 0 Å². The van der Waals surface area contributed by atoms with Gasteiger partial charge in [0.2, 0.25) is 0 Å². The van der Waals surface area contributed by atoms with E-state index in [1.807, 2.05) is 12.3 Å². The van der Waals surface area contributed by atoms with E-state index < -0.39 is 0 Å². The minimum Gasteiger partial charge on any atom is -0.378 e. The second-order valence-corrected chi connectivity index (χ2v) is 4.49. The molecule has 1 aliphatic rings. The fourth-order valence-corrected chi connectivity index (χ4v) is 1.93. The highest BCUT2D eigenvalue weighted by atomic mass is 127. The van der Waals surface area contributed by atoms with Crippen molar-refractivity contribution in [2.75, 3.05) is 37.7 Å². The van der Waals surface area contributed by atoms with Gasteiger partial charge in [-0.3, -0.25) is 0 Å². The van der Waals surface area contributed by atoms with Crippen molar-refractivity contribution < 1.29 is 4.74 Å². The number of rotatable bonds is 5. The van der Waals surface area contributed by atoms with Gasteiger partial charge in [-0.2, -0.15) is 0 Å². The van der Waals surface area contributed by atoms with Gasteiger partial charge < -0.3 is 20.7 Å². The normalized spacial score (nSPS) is 15.2. The smallest absolute Gasteiger partial charge is 0.189 e. The van der Waals surface area contributed by atoms with Crippen LogP contribution in [0.4, 0.5) is 5.82 Å². The van der Waals surface area contributed by atoms with Crippen LogP contribution in [-0.4, -0.2) is 43.8 Å². The van der Waals surface area contributed by atoms with E-state index in [1.54, 1.807) is 6.08 Å². The molecule has 1 aromatic rings. The lowest BCUT2D eigenvalue weighted by atomic mass is 10.2. The van der Waals surface area contributed by atoms with E-state index in [0.717, 1.165) is 37.7 Å². The average molecular weight is 403 g/mol. The number of hydrogen-bond acceptors (Lipinski definition) is 4. The number of pyridine rings is 1. The van der Waals surface area contributed by atoms with Gasteiger partial charge in [0.05, 0.1) is 19.8 Å². The molecule has 0 spiro atoms. The largest absolute Gasteiger partial charge is 0.378 e. The van der Waals surface area contributed by atoms with Crippen molar-refractivity contribution in [3.05, 3.63) is 36.5 Å². The van der Waals surface area contributed by atoms with E-state index in [2.05, 4.69) is 32.8 Å². The standard InChI is InChI=1S/C14H21N5O.HI/c1-2-4-17-14(15)18-11-12-3-5-16-13(10-12)19-6-8-20-9-7-19;/h2-3,5,10H,1,4,6-9,11H2,(H3,15,17,18);1H. The maximum Gasteiger partial charge on any atom is 0.189 e. The Morgan fingerprint density at radius 2 is 2.29 bits per heavy atom. The third-order valence-electron chi connectivity index (χ3n) is 3.00. The Balaban J connectivity index is 0.00000220. The van der Waals surface area contributed by atoms with Gasteiger partial charge in [0.1, 0.15) is 5.82 Å². The van der Waals surface area contributed by atoms with Crippen LogP contribution in [0, 0.1) is 0 Å². The minimum atomic E-state index is 0. The first-order chi connectivity index (χ1) is 9.79. The number of morpholine rings is 1. The Morgan fingerprint density at radius 3 is 3.00 bits per heavy atom. The van der Waals surface area contributed by atoms with Crippen LogP contribution in [0.1, 0.15) is 5.56 Å².